The number of carbonyl (C=O) groups excluding carboxylic acids is 1. The first-order chi connectivity index (χ1) is 8.99. The maximum absolute atomic E-state index is 12.0. The molecule has 0 aliphatic rings. The first-order valence-corrected chi connectivity index (χ1v) is 7.30. The van der Waals surface area contributed by atoms with Gasteiger partial charge in [-0.15, -0.1) is 0 Å². The number of nitrogens with zero attached hydrogens (tertiary/aromatic N) is 1. The molecule has 0 saturated heterocycles. The van der Waals surface area contributed by atoms with Crippen molar-refractivity contribution in [1.82, 2.24) is 4.31 Å². The number of hydrogen-bond donors (Lipinski definition) is 1. The minimum absolute atomic E-state index is 0.0613. The Kier molecular flexibility index (Phi) is 5.94. The van der Waals surface area contributed by atoms with Gasteiger partial charge in [-0.25, -0.2) is 8.42 Å². The molecular formula is C12H17NO5S. The van der Waals surface area contributed by atoms with Crippen molar-refractivity contribution in [1.29, 1.82) is 0 Å². The SMILES string of the molecule is COC(=O)CS(=O)(=O)N(CCO)Cc1ccccc1. The molecule has 19 heavy (non-hydrogen) atoms. The van der Waals surface area contributed by atoms with Gasteiger partial charge in [0.15, 0.2) is 5.75 Å². The Morgan fingerprint density at radius 2 is 1.95 bits per heavy atom. The van der Waals surface area contributed by atoms with Crippen molar-refractivity contribution < 1.29 is 23.1 Å². The molecule has 0 radical (unpaired) electrons. The molecule has 1 aromatic rings. The highest BCUT2D eigenvalue weighted by Gasteiger charge is 2.25. The van der Waals surface area contributed by atoms with Crippen LogP contribution in [0.2, 0.25) is 0 Å². The van der Waals surface area contributed by atoms with Gasteiger partial charge in [-0.3, -0.25) is 4.79 Å². The smallest absolute Gasteiger partial charge is 0.322 e. The molecule has 1 aromatic carbocycles. The zero-order chi connectivity index (χ0) is 14.3. The van der Waals surface area contributed by atoms with E-state index in [0.29, 0.717) is 0 Å². The second-order valence-corrected chi connectivity index (χ2v) is 5.84. The third-order valence-electron chi connectivity index (χ3n) is 2.47. The normalized spacial score (nSPS) is 11.5. The van der Waals surface area contributed by atoms with E-state index in [9.17, 15) is 13.2 Å². The van der Waals surface area contributed by atoms with E-state index in [1.54, 1.807) is 24.3 Å². The van der Waals surface area contributed by atoms with Crippen LogP contribution in [0.3, 0.4) is 0 Å². The summed E-state index contributed by atoms with van der Waals surface area (Å²) >= 11 is 0. The molecule has 7 heteroatoms. The van der Waals surface area contributed by atoms with Gasteiger partial charge in [-0.1, -0.05) is 30.3 Å². The molecule has 0 amide bonds. The molecule has 0 atom stereocenters. The maximum Gasteiger partial charge on any atom is 0.322 e. The van der Waals surface area contributed by atoms with E-state index in [2.05, 4.69) is 4.74 Å². The van der Waals surface area contributed by atoms with E-state index in [1.165, 1.54) is 0 Å². The monoisotopic (exact) mass is 287 g/mol. The van der Waals surface area contributed by atoms with Gasteiger partial charge >= 0.3 is 5.97 Å². The standard InChI is InChI=1S/C12H17NO5S/c1-18-12(15)10-19(16,17)13(7-8-14)9-11-5-3-2-4-6-11/h2-6,14H,7-10H2,1H3. The molecule has 0 fully saturated rings. The van der Waals surface area contributed by atoms with Crippen molar-refractivity contribution in [2.45, 2.75) is 6.54 Å². The van der Waals surface area contributed by atoms with Crippen LogP contribution in [0.5, 0.6) is 0 Å². The van der Waals surface area contributed by atoms with Gasteiger partial charge in [0.2, 0.25) is 10.0 Å². The van der Waals surface area contributed by atoms with Crippen LogP contribution in [0.4, 0.5) is 0 Å². The summed E-state index contributed by atoms with van der Waals surface area (Å²) in [7, 11) is -2.66. The van der Waals surface area contributed by atoms with E-state index in [-0.39, 0.29) is 19.7 Å². The lowest BCUT2D eigenvalue weighted by Gasteiger charge is -2.20. The number of carbonyl (C=O) groups is 1. The van der Waals surface area contributed by atoms with Crippen LogP contribution in [0.15, 0.2) is 30.3 Å². The average molecular weight is 287 g/mol. The number of aliphatic hydroxyl groups excluding tert-OH is 1. The molecular weight excluding hydrogens is 270 g/mol. The molecule has 0 aromatic heterocycles. The molecule has 6 nitrogen and oxygen atoms in total. The van der Waals surface area contributed by atoms with Crippen LogP contribution >= 0.6 is 0 Å². The van der Waals surface area contributed by atoms with Gasteiger partial charge < -0.3 is 9.84 Å². The van der Waals surface area contributed by atoms with Gasteiger partial charge in [-0.2, -0.15) is 4.31 Å². The number of benzene rings is 1. The summed E-state index contributed by atoms with van der Waals surface area (Å²) in [6, 6.07) is 8.96. The number of rotatable bonds is 7. The number of methoxy groups -OCH3 is 1. The Morgan fingerprint density at radius 1 is 1.32 bits per heavy atom. The van der Waals surface area contributed by atoms with E-state index in [0.717, 1.165) is 17.0 Å². The maximum atomic E-state index is 12.0. The van der Waals surface area contributed by atoms with Crippen molar-refractivity contribution in [3.8, 4) is 0 Å². The van der Waals surface area contributed by atoms with Gasteiger partial charge in [0.25, 0.3) is 0 Å². The molecule has 0 aliphatic carbocycles. The van der Waals surface area contributed by atoms with Crippen molar-refractivity contribution in [2.75, 3.05) is 26.0 Å². The minimum Gasteiger partial charge on any atom is -0.468 e. The number of hydrogen-bond acceptors (Lipinski definition) is 5. The summed E-state index contributed by atoms with van der Waals surface area (Å²) in [5.74, 6) is -1.55. The highest BCUT2D eigenvalue weighted by atomic mass is 32.2. The van der Waals surface area contributed by atoms with Crippen molar-refractivity contribution in [3.63, 3.8) is 0 Å². The second kappa shape index (κ2) is 7.22. The average Bonchev–Trinajstić information content (AvgIpc) is 2.39. The Hall–Kier alpha value is -1.44. The van der Waals surface area contributed by atoms with Gasteiger partial charge in [0.1, 0.15) is 0 Å². The van der Waals surface area contributed by atoms with E-state index < -0.39 is 21.7 Å². The van der Waals surface area contributed by atoms with Crippen LogP contribution in [0.25, 0.3) is 0 Å². The minimum atomic E-state index is -3.80. The number of ether oxygens (including phenoxy) is 1. The molecule has 0 unspecified atom stereocenters. The summed E-state index contributed by atoms with van der Waals surface area (Å²) in [4.78, 5) is 11.1. The summed E-state index contributed by atoms with van der Waals surface area (Å²) in [6.45, 7) is -0.262. The fourth-order valence-corrected chi connectivity index (χ4v) is 2.82. The van der Waals surface area contributed by atoms with Crippen LogP contribution < -0.4 is 0 Å². The van der Waals surface area contributed by atoms with Crippen LogP contribution in [0, 0.1) is 0 Å². The number of sulfonamides is 1. The highest BCUT2D eigenvalue weighted by molar-refractivity contribution is 7.89. The predicted octanol–water partition coefficient (Wildman–Crippen LogP) is -0.0163. The van der Waals surface area contributed by atoms with Crippen molar-refractivity contribution in [3.05, 3.63) is 35.9 Å². The lowest BCUT2D eigenvalue weighted by atomic mass is 10.2. The quantitative estimate of drug-likeness (QED) is 0.713. The predicted molar refractivity (Wildman–Crippen MR) is 69.7 cm³/mol. The van der Waals surface area contributed by atoms with Gasteiger partial charge in [0.05, 0.1) is 13.7 Å². The molecule has 1 N–H and O–H groups in total. The van der Waals surface area contributed by atoms with E-state index >= 15 is 0 Å². The lowest BCUT2D eigenvalue weighted by Crippen LogP contribution is -2.37. The Bertz CT molecular complexity index is 500. The molecule has 0 bridgehead atoms. The fourth-order valence-electron chi connectivity index (χ4n) is 1.51. The van der Waals surface area contributed by atoms with Gasteiger partial charge in [0, 0.05) is 13.1 Å². The Balaban J connectivity index is 2.85. The summed E-state index contributed by atoms with van der Waals surface area (Å²) in [5.41, 5.74) is 0.782. The molecule has 0 heterocycles. The Morgan fingerprint density at radius 3 is 2.47 bits per heavy atom. The number of aliphatic hydroxyl groups is 1. The number of esters is 1. The third-order valence-corrected chi connectivity index (χ3v) is 4.17. The summed E-state index contributed by atoms with van der Waals surface area (Å²) in [6.07, 6.45) is 0. The molecule has 106 valence electrons. The zero-order valence-corrected chi connectivity index (χ0v) is 11.5. The first kappa shape index (κ1) is 15.6. The van der Waals surface area contributed by atoms with E-state index in [4.69, 9.17) is 5.11 Å². The second-order valence-electron chi connectivity index (χ2n) is 3.88. The zero-order valence-electron chi connectivity index (χ0n) is 10.7. The fraction of sp³-hybridized carbons (Fsp3) is 0.417. The highest BCUT2D eigenvalue weighted by Crippen LogP contribution is 2.09. The first-order valence-electron chi connectivity index (χ1n) is 5.69. The lowest BCUT2D eigenvalue weighted by molar-refractivity contribution is -0.137. The van der Waals surface area contributed by atoms with Crippen molar-refractivity contribution >= 4 is 16.0 Å². The molecule has 0 spiro atoms. The summed E-state index contributed by atoms with van der Waals surface area (Å²) in [5, 5.41) is 8.95. The largest absolute Gasteiger partial charge is 0.468 e. The van der Waals surface area contributed by atoms with Crippen LogP contribution in [-0.4, -0.2) is 49.8 Å². The summed E-state index contributed by atoms with van der Waals surface area (Å²) < 4.78 is 29.4. The van der Waals surface area contributed by atoms with Gasteiger partial charge in [-0.05, 0) is 5.56 Å². The topological polar surface area (TPSA) is 83.9 Å². The van der Waals surface area contributed by atoms with Crippen molar-refractivity contribution in [2.24, 2.45) is 0 Å². The third kappa shape index (κ3) is 4.98. The molecule has 0 aliphatic heterocycles. The van der Waals surface area contributed by atoms with E-state index in [1.807, 2.05) is 6.07 Å². The molecule has 0 saturated carbocycles. The van der Waals surface area contributed by atoms with Crippen LogP contribution in [-0.2, 0) is 26.1 Å². The molecule has 1 rings (SSSR count). The van der Waals surface area contributed by atoms with Crippen LogP contribution in [0.1, 0.15) is 5.56 Å². The Labute approximate surface area is 112 Å².